The van der Waals surface area contributed by atoms with Gasteiger partial charge in [0.05, 0.1) is 10.7 Å². The fourth-order valence-corrected chi connectivity index (χ4v) is 2.87. The first kappa shape index (κ1) is 15.6. The molecular formula is C15H18FN3OS. The number of aryl methyl sites for hydroxylation is 1. The molecule has 2 aromatic rings. The molecule has 1 atom stereocenters. The van der Waals surface area contributed by atoms with Crippen molar-refractivity contribution >= 4 is 17.2 Å². The van der Waals surface area contributed by atoms with E-state index in [0.29, 0.717) is 23.5 Å². The molecule has 0 aliphatic carbocycles. The smallest absolute Gasteiger partial charge is 0.263 e. The molecular weight excluding hydrogens is 289 g/mol. The predicted molar refractivity (Wildman–Crippen MR) is 82.0 cm³/mol. The number of aromatic nitrogens is 1. The first-order valence-electron chi connectivity index (χ1n) is 6.71. The van der Waals surface area contributed by atoms with Gasteiger partial charge in [-0.25, -0.2) is 9.37 Å². The van der Waals surface area contributed by atoms with Crippen LogP contribution in [0.15, 0.2) is 24.3 Å². The molecule has 0 unspecified atom stereocenters. The zero-order chi connectivity index (χ0) is 15.4. The third kappa shape index (κ3) is 4.09. The van der Waals surface area contributed by atoms with Crippen LogP contribution in [0.2, 0.25) is 0 Å². The van der Waals surface area contributed by atoms with E-state index in [1.165, 1.54) is 23.5 Å². The Balaban J connectivity index is 2.11. The molecule has 0 fully saturated rings. The van der Waals surface area contributed by atoms with Gasteiger partial charge in [-0.15, -0.1) is 11.3 Å². The molecule has 1 aromatic carbocycles. The lowest BCUT2D eigenvalue weighted by Crippen LogP contribution is -2.37. The van der Waals surface area contributed by atoms with Crippen molar-refractivity contribution in [3.05, 3.63) is 51.2 Å². The number of thiazole rings is 1. The Kier molecular flexibility index (Phi) is 5.03. The Bertz CT molecular complexity index is 624. The van der Waals surface area contributed by atoms with Gasteiger partial charge in [0.2, 0.25) is 0 Å². The summed E-state index contributed by atoms with van der Waals surface area (Å²) in [6, 6.07) is 6.23. The first-order chi connectivity index (χ1) is 9.99. The molecule has 0 saturated carbocycles. The number of rotatable bonds is 5. The van der Waals surface area contributed by atoms with E-state index in [-0.39, 0.29) is 17.8 Å². The van der Waals surface area contributed by atoms with Crippen LogP contribution in [0.5, 0.6) is 0 Å². The molecule has 0 radical (unpaired) electrons. The van der Waals surface area contributed by atoms with Crippen molar-refractivity contribution in [3.8, 4) is 0 Å². The average Bonchev–Trinajstić information content (AvgIpc) is 2.82. The third-order valence-electron chi connectivity index (χ3n) is 3.05. The number of benzene rings is 1. The van der Waals surface area contributed by atoms with E-state index >= 15 is 0 Å². The lowest BCUT2D eigenvalue weighted by atomic mass is 10.1. The fourth-order valence-electron chi connectivity index (χ4n) is 1.86. The molecule has 1 heterocycles. The van der Waals surface area contributed by atoms with Gasteiger partial charge in [0, 0.05) is 19.0 Å². The summed E-state index contributed by atoms with van der Waals surface area (Å²) in [6.07, 6.45) is 0.589. The Morgan fingerprint density at radius 1 is 1.43 bits per heavy atom. The van der Waals surface area contributed by atoms with Crippen LogP contribution in [0.25, 0.3) is 0 Å². The van der Waals surface area contributed by atoms with E-state index in [4.69, 9.17) is 5.73 Å². The maximum atomic E-state index is 12.9. The van der Waals surface area contributed by atoms with E-state index in [1.807, 2.05) is 13.8 Å². The summed E-state index contributed by atoms with van der Waals surface area (Å²) in [5.41, 5.74) is 7.17. The van der Waals surface area contributed by atoms with Gasteiger partial charge in [-0.1, -0.05) is 12.1 Å². The van der Waals surface area contributed by atoms with Crippen molar-refractivity contribution in [1.82, 2.24) is 10.3 Å². The average molecular weight is 307 g/mol. The highest BCUT2D eigenvalue weighted by molar-refractivity contribution is 7.13. The zero-order valence-corrected chi connectivity index (χ0v) is 12.8. The molecule has 112 valence electrons. The lowest BCUT2D eigenvalue weighted by molar-refractivity contribution is 0.0944. The Labute approximate surface area is 127 Å². The second-order valence-electron chi connectivity index (χ2n) is 4.94. The van der Waals surface area contributed by atoms with Gasteiger partial charge in [-0.05, 0) is 31.5 Å². The molecule has 0 saturated heterocycles. The molecule has 21 heavy (non-hydrogen) atoms. The van der Waals surface area contributed by atoms with Crippen molar-refractivity contribution < 1.29 is 9.18 Å². The predicted octanol–water partition coefficient (Wildman–Crippen LogP) is 2.26. The molecule has 0 aliphatic rings. The summed E-state index contributed by atoms with van der Waals surface area (Å²) < 4.78 is 12.9. The van der Waals surface area contributed by atoms with E-state index in [0.717, 1.165) is 10.6 Å². The second kappa shape index (κ2) is 6.78. The van der Waals surface area contributed by atoms with Crippen LogP contribution in [-0.2, 0) is 6.42 Å². The summed E-state index contributed by atoms with van der Waals surface area (Å²) in [4.78, 5) is 17.1. The molecule has 3 N–H and O–H groups in total. The van der Waals surface area contributed by atoms with Crippen LogP contribution in [0.4, 0.5) is 4.39 Å². The fraction of sp³-hybridized carbons (Fsp3) is 0.333. The van der Waals surface area contributed by atoms with Gasteiger partial charge in [-0.3, -0.25) is 4.79 Å². The van der Waals surface area contributed by atoms with Crippen LogP contribution in [0, 0.1) is 12.7 Å². The van der Waals surface area contributed by atoms with Gasteiger partial charge in [0.25, 0.3) is 5.91 Å². The number of carbonyl (C=O) groups is 1. The van der Waals surface area contributed by atoms with Gasteiger partial charge in [-0.2, -0.15) is 0 Å². The molecule has 0 bridgehead atoms. The first-order valence-corrected chi connectivity index (χ1v) is 7.53. The topological polar surface area (TPSA) is 68.0 Å². The third-order valence-corrected chi connectivity index (χ3v) is 4.20. The number of hydrogen-bond donors (Lipinski definition) is 2. The quantitative estimate of drug-likeness (QED) is 0.890. The van der Waals surface area contributed by atoms with Gasteiger partial charge < -0.3 is 11.1 Å². The maximum absolute atomic E-state index is 12.9. The highest BCUT2D eigenvalue weighted by Gasteiger charge is 2.16. The number of halogens is 1. The minimum absolute atomic E-state index is 0.0699. The van der Waals surface area contributed by atoms with Crippen LogP contribution < -0.4 is 11.1 Å². The molecule has 0 aliphatic heterocycles. The highest BCUT2D eigenvalue weighted by Crippen LogP contribution is 2.21. The Morgan fingerprint density at radius 2 is 2.10 bits per heavy atom. The molecule has 1 aromatic heterocycles. The van der Waals surface area contributed by atoms with Crippen LogP contribution >= 0.6 is 11.3 Å². The van der Waals surface area contributed by atoms with Crippen molar-refractivity contribution in [2.45, 2.75) is 26.3 Å². The van der Waals surface area contributed by atoms with Crippen LogP contribution in [-0.4, -0.2) is 23.5 Å². The van der Waals surface area contributed by atoms with Crippen molar-refractivity contribution in [2.75, 3.05) is 6.54 Å². The van der Waals surface area contributed by atoms with Crippen molar-refractivity contribution in [3.63, 3.8) is 0 Å². The van der Waals surface area contributed by atoms with Gasteiger partial charge >= 0.3 is 0 Å². The number of carbonyl (C=O) groups excluding carboxylic acids is 1. The Morgan fingerprint density at radius 3 is 2.71 bits per heavy atom. The summed E-state index contributed by atoms with van der Waals surface area (Å²) in [5.74, 6) is -0.404. The van der Waals surface area contributed by atoms with Crippen LogP contribution in [0.3, 0.4) is 0 Å². The SMILES string of the molecule is Cc1nc(Cc2ccc(F)cc2)sc1C(=O)N[C@@H](C)CN. The van der Waals surface area contributed by atoms with E-state index in [1.54, 1.807) is 12.1 Å². The normalized spacial score (nSPS) is 12.2. The summed E-state index contributed by atoms with van der Waals surface area (Å²) in [7, 11) is 0. The van der Waals surface area contributed by atoms with Crippen molar-refractivity contribution in [1.29, 1.82) is 0 Å². The van der Waals surface area contributed by atoms with E-state index in [2.05, 4.69) is 10.3 Å². The minimum atomic E-state index is -0.259. The molecule has 4 nitrogen and oxygen atoms in total. The second-order valence-corrected chi connectivity index (χ2v) is 6.02. The number of nitrogens with two attached hydrogens (primary N) is 1. The summed E-state index contributed by atoms with van der Waals surface area (Å²) in [5, 5.41) is 3.67. The van der Waals surface area contributed by atoms with Crippen molar-refractivity contribution in [2.24, 2.45) is 5.73 Å². The number of amides is 1. The molecule has 6 heteroatoms. The number of hydrogen-bond acceptors (Lipinski definition) is 4. The summed E-state index contributed by atoms with van der Waals surface area (Å²) >= 11 is 1.36. The maximum Gasteiger partial charge on any atom is 0.263 e. The highest BCUT2D eigenvalue weighted by atomic mass is 32.1. The number of nitrogens with zero attached hydrogens (tertiary/aromatic N) is 1. The summed E-state index contributed by atoms with van der Waals surface area (Å²) in [6.45, 7) is 4.06. The zero-order valence-electron chi connectivity index (χ0n) is 12.0. The van der Waals surface area contributed by atoms with E-state index < -0.39 is 0 Å². The number of nitrogens with one attached hydrogen (secondary N) is 1. The van der Waals surface area contributed by atoms with Gasteiger partial charge in [0.15, 0.2) is 0 Å². The molecule has 1 amide bonds. The van der Waals surface area contributed by atoms with Gasteiger partial charge in [0.1, 0.15) is 10.7 Å². The minimum Gasteiger partial charge on any atom is -0.348 e. The van der Waals surface area contributed by atoms with E-state index in [9.17, 15) is 9.18 Å². The molecule has 0 spiro atoms. The van der Waals surface area contributed by atoms with Crippen LogP contribution in [0.1, 0.15) is 32.9 Å². The monoisotopic (exact) mass is 307 g/mol. The Hall–Kier alpha value is -1.79. The lowest BCUT2D eigenvalue weighted by Gasteiger charge is -2.09. The standard InChI is InChI=1S/C15H18FN3OS/c1-9(8-17)18-15(20)14-10(2)19-13(21-14)7-11-3-5-12(16)6-4-11/h3-6,9H,7-8,17H2,1-2H3,(H,18,20)/t9-/m0/s1. The largest absolute Gasteiger partial charge is 0.348 e. The molecule has 2 rings (SSSR count).